The number of ether oxygens (including phenoxy) is 4. The number of furan rings is 1. The Hall–Kier alpha value is -4.48. The summed E-state index contributed by atoms with van der Waals surface area (Å²) in [7, 11) is 3.07. The van der Waals surface area contributed by atoms with Crippen molar-refractivity contribution < 1.29 is 28.2 Å². The summed E-state index contributed by atoms with van der Waals surface area (Å²) in [6.45, 7) is 4.16. The van der Waals surface area contributed by atoms with E-state index in [0.717, 1.165) is 23.7 Å². The van der Waals surface area contributed by atoms with Crippen LogP contribution in [0.3, 0.4) is 0 Å². The van der Waals surface area contributed by atoms with Gasteiger partial charge in [-0.3, -0.25) is 10.2 Å². The van der Waals surface area contributed by atoms with Gasteiger partial charge in [0.1, 0.15) is 13.2 Å². The Morgan fingerprint density at radius 2 is 1.90 bits per heavy atom. The third kappa shape index (κ3) is 6.01. The molecule has 12 heteroatoms. The molecule has 0 unspecified atom stereocenters. The molecule has 10 nitrogen and oxygen atoms in total. The Morgan fingerprint density at radius 3 is 2.63 bits per heavy atom. The van der Waals surface area contributed by atoms with Gasteiger partial charge in [0.2, 0.25) is 5.17 Å². The van der Waals surface area contributed by atoms with Crippen molar-refractivity contribution in [3.63, 3.8) is 0 Å². The molecule has 3 aromatic rings. The van der Waals surface area contributed by atoms with Crippen molar-refractivity contribution >= 4 is 51.4 Å². The molecule has 0 bridgehead atoms. The van der Waals surface area contributed by atoms with E-state index in [9.17, 15) is 4.79 Å². The summed E-state index contributed by atoms with van der Waals surface area (Å²) in [5, 5.41) is 15.3. The molecule has 41 heavy (non-hydrogen) atoms. The second-order valence-corrected chi connectivity index (χ2v) is 9.97. The number of hydrogen-bond donors (Lipinski definition) is 1. The number of halogens is 1. The SMILES string of the molecule is C=CCc1ccc(OCCOc2c(Cl)cc(C=C3C(=N)N4N=C(c5ccco5)SC4=NC3=O)cc2OC)c(OC)c1. The summed E-state index contributed by atoms with van der Waals surface area (Å²) in [5.74, 6) is 1.72. The van der Waals surface area contributed by atoms with Gasteiger partial charge in [-0.25, -0.2) is 0 Å². The van der Waals surface area contributed by atoms with E-state index in [1.54, 1.807) is 31.4 Å². The number of amides is 1. The number of hydrogen-bond acceptors (Lipinski definition) is 9. The fraction of sp³-hybridized carbons (Fsp3) is 0.172. The lowest BCUT2D eigenvalue weighted by molar-refractivity contribution is -0.114. The largest absolute Gasteiger partial charge is 0.493 e. The monoisotopic (exact) mass is 592 g/mol. The molecule has 3 heterocycles. The van der Waals surface area contributed by atoms with Crippen molar-refractivity contribution in [2.75, 3.05) is 27.4 Å². The maximum atomic E-state index is 12.8. The number of hydrazone groups is 1. The average molecular weight is 593 g/mol. The maximum Gasteiger partial charge on any atom is 0.283 e. The van der Waals surface area contributed by atoms with Crippen LogP contribution in [0.1, 0.15) is 16.9 Å². The lowest BCUT2D eigenvalue weighted by atomic mass is 10.1. The van der Waals surface area contributed by atoms with Crippen LogP contribution in [0.4, 0.5) is 0 Å². The van der Waals surface area contributed by atoms with Crippen LogP contribution in [0.2, 0.25) is 5.02 Å². The molecule has 0 fully saturated rings. The van der Waals surface area contributed by atoms with Crippen molar-refractivity contribution in [1.29, 1.82) is 5.41 Å². The van der Waals surface area contributed by atoms with Gasteiger partial charge in [-0.1, -0.05) is 23.7 Å². The van der Waals surface area contributed by atoms with Crippen LogP contribution in [0.25, 0.3) is 6.08 Å². The summed E-state index contributed by atoms with van der Waals surface area (Å²) in [5.41, 5.74) is 1.63. The van der Waals surface area contributed by atoms with Crippen LogP contribution in [-0.4, -0.2) is 54.4 Å². The molecule has 210 valence electrons. The van der Waals surface area contributed by atoms with Gasteiger partial charge in [0, 0.05) is 0 Å². The Balaban J connectivity index is 1.28. The van der Waals surface area contributed by atoms with Crippen molar-refractivity contribution in [3.05, 3.63) is 88.9 Å². The molecule has 0 spiro atoms. The number of nitrogens with zero attached hydrogens (tertiary/aromatic N) is 3. The minimum Gasteiger partial charge on any atom is -0.493 e. The maximum absolute atomic E-state index is 12.8. The van der Waals surface area contributed by atoms with Gasteiger partial charge in [-0.05, 0) is 71.8 Å². The van der Waals surface area contributed by atoms with Gasteiger partial charge in [-0.15, -0.1) is 6.58 Å². The standard InChI is InChI=1S/C29H25ClN4O6S/c1-4-6-17-8-9-21(23(15-17)36-2)39-11-12-40-25-20(30)14-18(16-24(25)37-3)13-19-26(31)34-29(32-27(19)35)41-28(33-34)22-7-5-10-38-22/h4-5,7-10,13-16,31H,1,6,11-12H2,2-3H3. The smallest absolute Gasteiger partial charge is 0.283 e. The first-order valence-electron chi connectivity index (χ1n) is 12.4. The molecule has 1 aromatic heterocycles. The van der Waals surface area contributed by atoms with Crippen molar-refractivity contribution in [3.8, 4) is 23.0 Å². The summed E-state index contributed by atoms with van der Waals surface area (Å²) >= 11 is 7.70. The second kappa shape index (κ2) is 12.4. The molecule has 1 N–H and O–H groups in total. The summed E-state index contributed by atoms with van der Waals surface area (Å²) in [4.78, 5) is 16.9. The number of carbonyl (C=O) groups excluding carboxylic acids is 1. The summed E-state index contributed by atoms with van der Waals surface area (Å²) in [6, 6.07) is 12.4. The second-order valence-electron chi connectivity index (χ2n) is 8.61. The quantitative estimate of drug-likeness (QED) is 0.168. The average Bonchev–Trinajstić information content (AvgIpc) is 3.65. The van der Waals surface area contributed by atoms with E-state index < -0.39 is 5.91 Å². The fourth-order valence-electron chi connectivity index (χ4n) is 4.04. The number of methoxy groups -OCH3 is 2. The summed E-state index contributed by atoms with van der Waals surface area (Å²) < 4.78 is 28.0. The van der Waals surface area contributed by atoms with Crippen molar-refractivity contribution in [2.45, 2.75) is 6.42 Å². The third-order valence-electron chi connectivity index (χ3n) is 5.94. The van der Waals surface area contributed by atoms with Crippen LogP contribution < -0.4 is 18.9 Å². The highest BCUT2D eigenvalue weighted by Crippen LogP contribution is 2.38. The lowest BCUT2D eigenvalue weighted by Crippen LogP contribution is -2.35. The number of nitrogens with one attached hydrogen (secondary N) is 1. The lowest BCUT2D eigenvalue weighted by Gasteiger charge is -2.20. The van der Waals surface area contributed by atoms with E-state index in [0.29, 0.717) is 39.4 Å². The zero-order valence-corrected chi connectivity index (χ0v) is 23.8. The van der Waals surface area contributed by atoms with E-state index in [-0.39, 0.29) is 34.8 Å². The summed E-state index contributed by atoms with van der Waals surface area (Å²) in [6.07, 6.45) is 5.59. The van der Waals surface area contributed by atoms with E-state index in [1.807, 2.05) is 24.3 Å². The molecule has 0 saturated heterocycles. The van der Waals surface area contributed by atoms with E-state index in [4.69, 9.17) is 40.4 Å². The Labute approximate surface area is 245 Å². The molecule has 2 aliphatic heterocycles. The number of thioether (sulfide) groups is 1. The molecule has 5 rings (SSSR count). The highest BCUT2D eigenvalue weighted by molar-refractivity contribution is 8.27. The van der Waals surface area contributed by atoms with E-state index >= 15 is 0 Å². The molecule has 2 aliphatic rings. The zero-order chi connectivity index (χ0) is 28.9. The number of fused-ring (bicyclic) bond motifs is 1. The minimum atomic E-state index is -0.565. The van der Waals surface area contributed by atoms with E-state index in [2.05, 4.69) is 16.7 Å². The van der Waals surface area contributed by atoms with Gasteiger partial charge in [-0.2, -0.15) is 15.1 Å². The highest BCUT2D eigenvalue weighted by Gasteiger charge is 2.36. The van der Waals surface area contributed by atoms with Crippen LogP contribution in [0.15, 0.2) is 81.5 Å². The highest BCUT2D eigenvalue weighted by atomic mass is 35.5. The number of carbonyl (C=O) groups is 1. The first-order chi connectivity index (χ1) is 19.9. The van der Waals surface area contributed by atoms with Gasteiger partial charge < -0.3 is 23.4 Å². The van der Waals surface area contributed by atoms with Gasteiger partial charge in [0.25, 0.3) is 5.91 Å². The molecule has 0 atom stereocenters. The number of aliphatic imine (C=N–C) groups is 1. The van der Waals surface area contributed by atoms with Crippen LogP contribution >= 0.6 is 23.4 Å². The first kappa shape index (κ1) is 28.1. The minimum absolute atomic E-state index is 0.0482. The molecular weight excluding hydrogens is 568 g/mol. The number of rotatable bonds is 11. The normalized spacial score (nSPS) is 15.4. The number of benzene rings is 2. The topological polar surface area (TPSA) is 119 Å². The molecular formula is C29H25ClN4O6S. The van der Waals surface area contributed by atoms with Gasteiger partial charge >= 0.3 is 0 Å². The molecule has 0 saturated carbocycles. The Bertz CT molecular complexity index is 1600. The van der Waals surface area contributed by atoms with Crippen molar-refractivity contribution in [1.82, 2.24) is 5.01 Å². The van der Waals surface area contributed by atoms with Crippen molar-refractivity contribution in [2.24, 2.45) is 10.1 Å². The molecule has 0 radical (unpaired) electrons. The van der Waals surface area contributed by atoms with Crippen LogP contribution in [-0.2, 0) is 11.2 Å². The zero-order valence-electron chi connectivity index (χ0n) is 22.2. The third-order valence-corrected chi connectivity index (χ3v) is 7.15. The first-order valence-corrected chi connectivity index (χ1v) is 13.6. The van der Waals surface area contributed by atoms with Gasteiger partial charge in [0.15, 0.2) is 39.6 Å². The molecule has 0 aliphatic carbocycles. The Kier molecular flexibility index (Phi) is 8.46. The van der Waals surface area contributed by atoms with Gasteiger partial charge in [0.05, 0.1) is 31.1 Å². The Morgan fingerprint density at radius 1 is 1.10 bits per heavy atom. The molecule has 1 amide bonds. The molecule has 2 aromatic carbocycles. The van der Waals surface area contributed by atoms with Crippen LogP contribution in [0.5, 0.6) is 23.0 Å². The number of amidine groups is 2. The van der Waals surface area contributed by atoms with E-state index in [1.165, 1.54) is 24.5 Å². The predicted octanol–water partition coefficient (Wildman–Crippen LogP) is 5.80. The number of allylic oxidation sites excluding steroid dienone is 1. The predicted molar refractivity (Wildman–Crippen MR) is 159 cm³/mol. The fourth-order valence-corrected chi connectivity index (χ4v) is 5.17. The van der Waals surface area contributed by atoms with Crippen LogP contribution in [0, 0.1) is 5.41 Å².